The van der Waals surface area contributed by atoms with Gasteiger partial charge in [0.25, 0.3) is 0 Å². The maximum Gasteiger partial charge on any atom is 0.302 e. The molecule has 3 fully saturated rings. The van der Waals surface area contributed by atoms with Crippen LogP contribution in [0.15, 0.2) is 11.6 Å². The maximum atomic E-state index is 12.6. The number of carbonyl (C=O) groups is 3. The van der Waals surface area contributed by atoms with Crippen molar-refractivity contribution in [3.8, 4) is 6.07 Å². The first kappa shape index (κ1) is 19.4. The summed E-state index contributed by atoms with van der Waals surface area (Å²) in [7, 11) is 0. The van der Waals surface area contributed by atoms with Crippen molar-refractivity contribution in [2.45, 2.75) is 77.7 Å². The smallest absolute Gasteiger partial charge is 0.302 e. The standard InChI is InChI=1S/C23H29NO4/c1-14(25)28-21(9-12-24)23-11-7-16(26)13-15(23)3-4-17-18-5-6-20(27)22(18,2)10-8-19(17)23/h3,17-19,21H,4-11,13H2,1-2H3/t17-,18-,19-,21?,22-,23?/m0/s1. The number of allylic oxidation sites excluding steroid dienone is 1. The van der Waals surface area contributed by atoms with Crippen LogP contribution in [0, 0.1) is 39.9 Å². The lowest BCUT2D eigenvalue weighted by Crippen LogP contribution is -2.56. The molecule has 3 saturated carbocycles. The largest absolute Gasteiger partial charge is 0.461 e. The van der Waals surface area contributed by atoms with Gasteiger partial charge in [-0.15, -0.1) is 0 Å². The number of Topliss-reactive ketones (excluding diaryl/α,β-unsaturated/α-hetero) is 2. The van der Waals surface area contributed by atoms with Crippen LogP contribution in [0.25, 0.3) is 0 Å². The number of carbonyl (C=O) groups excluding carboxylic acids is 3. The van der Waals surface area contributed by atoms with Crippen LogP contribution in [0.2, 0.25) is 0 Å². The van der Waals surface area contributed by atoms with E-state index in [0.29, 0.717) is 43.3 Å². The summed E-state index contributed by atoms with van der Waals surface area (Å²) in [6, 6.07) is 2.22. The van der Waals surface area contributed by atoms with E-state index >= 15 is 0 Å². The summed E-state index contributed by atoms with van der Waals surface area (Å²) in [6.45, 7) is 3.53. The van der Waals surface area contributed by atoms with E-state index in [1.807, 2.05) is 0 Å². The van der Waals surface area contributed by atoms with Crippen LogP contribution in [0.1, 0.15) is 71.6 Å². The minimum Gasteiger partial charge on any atom is -0.461 e. The van der Waals surface area contributed by atoms with Gasteiger partial charge in [0.1, 0.15) is 17.7 Å². The summed E-state index contributed by atoms with van der Waals surface area (Å²) in [6.07, 6.45) is 7.62. The number of nitriles is 1. The Morgan fingerprint density at radius 2 is 2.07 bits per heavy atom. The van der Waals surface area contributed by atoms with Crippen molar-refractivity contribution >= 4 is 17.5 Å². The van der Waals surface area contributed by atoms with Gasteiger partial charge >= 0.3 is 5.97 Å². The van der Waals surface area contributed by atoms with Gasteiger partial charge in [0.2, 0.25) is 0 Å². The maximum absolute atomic E-state index is 12.6. The van der Waals surface area contributed by atoms with Gasteiger partial charge in [-0.3, -0.25) is 14.4 Å². The Balaban J connectivity index is 1.79. The first-order valence-electron chi connectivity index (χ1n) is 10.6. The van der Waals surface area contributed by atoms with Crippen LogP contribution in [0.4, 0.5) is 0 Å². The van der Waals surface area contributed by atoms with E-state index in [2.05, 4.69) is 19.1 Å². The molecule has 4 aliphatic rings. The first-order chi connectivity index (χ1) is 13.3. The molecule has 0 N–H and O–H groups in total. The minimum absolute atomic E-state index is 0.148. The molecule has 0 saturated heterocycles. The van der Waals surface area contributed by atoms with Crippen molar-refractivity contribution in [3.63, 3.8) is 0 Å². The summed E-state index contributed by atoms with van der Waals surface area (Å²) in [5.41, 5.74) is 0.426. The molecule has 0 bridgehead atoms. The van der Waals surface area contributed by atoms with Crippen molar-refractivity contribution < 1.29 is 19.1 Å². The summed E-state index contributed by atoms with van der Waals surface area (Å²) in [5, 5.41) is 9.47. The Morgan fingerprint density at radius 3 is 2.79 bits per heavy atom. The van der Waals surface area contributed by atoms with Gasteiger partial charge < -0.3 is 4.74 Å². The van der Waals surface area contributed by atoms with Crippen LogP contribution >= 0.6 is 0 Å². The van der Waals surface area contributed by atoms with Crippen molar-refractivity contribution in [3.05, 3.63) is 11.6 Å². The van der Waals surface area contributed by atoms with Crippen LogP contribution in [-0.4, -0.2) is 23.6 Å². The number of ether oxygens (including phenoxy) is 1. The van der Waals surface area contributed by atoms with E-state index in [1.165, 1.54) is 6.92 Å². The molecule has 0 aromatic carbocycles. The van der Waals surface area contributed by atoms with Crippen molar-refractivity contribution in [1.29, 1.82) is 5.26 Å². The Bertz CT molecular complexity index is 793. The molecular weight excluding hydrogens is 354 g/mol. The fourth-order valence-electron chi connectivity index (χ4n) is 7.18. The van der Waals surface area contributed by atoms with Crippen molar-refractivity contribution in [2.75, 3.05) is 0 Å². The highest BCUT2D eigenvalue weighted by molar-refractivity contribution is 5.87. The molecule has 2 unspecified atom stereocenters. The summed E-state index contributed by atoms with van der Waals surface area (Å²) >= 11 is 0. The van der Waals surface area contributed by atoms with Crippen LogP contribution in [0.5, 0.6) is 0 Å². The van der Waals surface area contributed by atoms with E-state index in [-0.39, 0.29) is 29.5 Å². The molecule has 4 rings (SSSR count). The Kier molecular flexibility index (Phi) is 4.72. The highest BCUT2D eigenvalue weighted by atomic mass is 16.5. The Hall–Kier alpha value is -1.96. The quantitative estimate of drug-likeness (QED) is 0.545. The second kappa shape index (κ2) is 6.83. The predicted molar refractivity (Wildman–Crippen MR) is 102 cm³/mol. The summed E-state index contributed by atoms with van der Waals surface area (Å²) in [5.74, 6) is 1.24. The zero-order chi connectivity index (χ0) is 20.1. The molecule has 0 aliphatic heterocycles. The van der Waals surface area contributed by atoms with Crippen molar-refractivity contribution in [2.24, 2.45) is 28.6 Å². The average molecular weight is 383 g/mol. The molecule has 0 aromatic heterocycles. The van der Waals surface area contributed by atoms with Gasteiger partial charge in [0.05, 0.1) is 12.5 Å². The number of nitrogens with zero attached hydrogens (tertiary/aromatic N) is 1. The molecule has 5 nitrogen and oxygen atoms in total. The lowest BCUT2D eigenvalue weighted by atomic mass is 9.46. The Morgan fingerprint density at radius 1 is 1.29 bits per heavy atom. The molecule has 0 heterocycles. The van der Waals surface area contributed by atoms with E-state index in [9.17, 15) is 19.6 Å². The second-order valence-electron chi connectivity index (χ2n) is 9.48. The van der Waals surface area contributed by atoms with Gasteiger partial charge in [-0.2, -0.15) is 5.26 Å². The third-order valence-electron chi connectivity index (χ3n) is 8.41. The van der Waals surface area contributed by atoms with Crippen molar-refractivity contribution in [1.82, 2.24) is 0 Å². The fraction of sp³-hybridized carbons (Fsp3) is 0.739. The Labute approximate surface area is 166 Å². The molecule has 0 aromatic rings. The van der Waals surface area contributed by atoms with Gasteiger partial charge in [-0.1, -0.05) is 18.6 Å². The van der Waals surface area contributed by atoms with E-state index in [4.69, 9.17) is 4.74 Å². The second-order valence-corrected chi connectivity index (χ2v) is 9.48. The SMILES string of the molecule is CC(=O)OC(CC#N)C12CCC(=O)CC1=CC[C@@H]1[C@@H]2CC[C@]2(C)C(=O)CC[C@@H]12. The number of rotatable bonds is 3. The normalized spacial score (nSPS) is 40.5. The predicted octanol–water partition coefficient (Wildman–Crippen LogP) is 3.91. The minimum atomic E-state index is -0.511. The number of esters is 1. The zero-order valence-corrected chi connectivity index (χ0v) is 16.8. The highest BCUT2D eigenvalue weighted by Gasteiger charge is 2.62. The number of fused-ring (bicyclic) bond motifs is 5. The fourth-order valence-corrected chi connectivity index (χ4v) is 7.18. The molecular formula is C23H29NO4. The molecule has 0 amide bonds. The van der Waals surface area contributed by atoms with Gasteiger partial charge in [0, 0.05) is 37.0 Å². The van der Waals surface area contributed by atoms with E-state index < -0.39 is 11.5 Å². The topological polar surface area (TPSA) is 84.2 Å². The molecule has 150 valence electrons. The lowest BCUT2D eigenvalue weighted by Gasteiger charge is -2.58. The molecule has 4 aliphatic carbocycles. The number of hydrogen-bond acceptors (Lipinski definition) is 5. The van der Waals surface area contributed by atoms with Crippen LogP contribution in [-0.2, 0) is 19.1 Å². The van der Waals surface area contributed by atoms with E-state index in [1.54, 1.807) is 0 Å². The van der Waals surface area contributed by atoms with E-state index in [0.717, 1.165) is 31.3 Å². The first-order valence-corrected chi connectivity index (χ1v) is 10.6. The number of ketones is 2. The van der Waals surface area contributed by atoms with Gasteiger partial charge in [0.15, 0.2) is 0 Å². The van der Waals surface area contributed by atoms with Crippen LogP contribution < -0.4 is 0 Å². The molecule has 5 heteroatoms. The third kappa shape index (κ3) is 2.68. The van der Waals surface area contributed by atoms with Crippen LogP contribution in [0.3, 0.4) is 0 Å². The zero-order valence-electron chi connectivity index (χ0n) is 16.8. The highest BCUT2D eigenvalue weighted by Crippen LogP contribution is 2.65. The molecule has 28 heavy (non-hydrogen) atoms. The molecule has 0 spiro atoms. The number of hydrogen-bond donors (Lipinski definition) is 0. The monoisotopic (exact) mass is 383 g/mol. The average Bonchev–Trinajstić information content (AvgIpc) is 2.95. The molecule has 0 radical (unpaired) electrons. The molecule has 6 atom stereocenters. The summed E-state index contributed by atoms with van der Waals surface area (Å²) in [4.78, 5) is 36.7. The lowest BCUT2D eigenvalue weighted by molar-refractivity contribution is -0.162. The van der Waals surface area contributed by atoms with Gasteiger partial charge in [-0.25, -0.2) is 0 Å². The third-order valence-corrected chi connectivity index (χ3v) is 8.41. The van der Waals surface area contributed by atoms with Gasteiger partial charge in [-0.05, 0) is 49.9 Å². The summed E-state index contributed by atoms with van der Waals surface area (Å²) < 4.78 is 5.75.